The van der Waals surface area contributed by atoms with E-state index in [9.17, 15) is 0 Å². The summed E-state index contributed by atoms with van der Waals surface area (Å²) in [6.07, 6.45) is 1.72. The number of aromatic nitrogens is 2. The van der Waals surface area contributed by atoms with E-state index >= 15 is 0 Å². The standard InChI is InChI=1S/C21H18N2O3S/c1-13-4-5-18(21(23-13)14-7-9-27-12-14)26-17-6-8-22-16-11-20(25-3)19(24-2)10-15(16)17/h4-12H,1-3H3. The van der Waals surface area contributed by atoms with E-state index in [1.165, 1.54) is 0 Å². The number of nitrogens with zero attached hydrogens (tertiary/aromatic N) is 2. The van der Waals surface area contributed by atoms with Crippen LogP contribution in [0.1, 0.15) is 5.69 Å². The number of hydrogen-bond acceptors (Lipinski definition) is 6. The molecule has 0 bridgehead atoms. The zero-order valence-corrected chi connectivity index (χ0v) is 16.0. The molecule has 0 aliphatic rings. The van der Waals surface area contributed by atoms with E-state index in [0.29, 0.717) is 23.0 Å². The van der Waals surface area contributed by atoms with Crippen LogP contribution in [-0.4, -0.2) is 24.2 Å². The Morgan fingerprint density at radius 1 is 0.889 bits per heavy atom. The SMILES string of the molecule is COc1cc2nccc(Oc3ccc(C)nc3-c3ccsc3)c2cc1OC. The van der Waals surface area contributed by atoms with E-state index in [2.05, 4.69) is 15.3 Å². The maximum atomic E-state index is 6.28. The first-order valence-electron chi connectivity index (χ1n) is 8.38. The second-order valence-electron chi connectivity index (χ2n) is 5.95. The van der Waals surface area contributed by atoms with E-state index in [4.69, 9.17) is 14.2 Å². The molecule has 0 saturated heterocycles. The molecule has 4 aromatic rings. The molecule has 0 atom stereocenters. The molecule has 0 unspecified atom stereocenters. The van der Waals surface area contributed by atoms with Gasteiger partial charge in [-0.3, -0.25) is 4.98 Å². The van der Waals surface area contributed by atoms with Gasteiger partial charge in [-0.1, -0.05) is 0 Å². The molecule has 136 valence electrons. The van der Waals surface area contributed by atoms with Gasteiger partial charge in [0.2, 0.25) is 0 Å². The highest BCUT2D eigenvalue weighted by atomic mass is 32.1. The Morgan fingerprint density at radius 3 is 2.44 bits per heavy atom. The third-order valence-electron chi connectivity index (χ3n) is 4.22. The minimum absolute atomic E-state index is 0.628. The average molecular weight is 378 g/mol. The molecule has 0 fully saturated rings. The van der Waals surface area contributed by atoms with E-state index in [1.807, 2.05) is 48.7 Å². The van der Waals surface area contributed by atoms with Crippen molar-refractivity contribution in [1.82, 2.24) is 9.97 Å². The number of benzene rings is 1. The number of methoxy groups -OCH3 is 2. The van der Waals surface area contributed by atoms with Gasteiger partial charge in [0.05, 0.1) is 19.7 Å². The van der Waals surface area contributed by atoms with Crippen LogP contribution in [-0.2, 0) is 0 Å². The number of hydrogen-bond donors (Lipinski definition) is 0. The predicted molar refractivity (Wildman–Crippen MR) is 107 cm³/mol. The topological polar surface area (TPSA) is 53.5 Å². The van der Waals surface area contributed by atoms with Crippen molar-refractivity contribution in [1.29, 1.82) is 0 Å². The summed E-state index contributed by atoms with van der Waals surface area (Å²) in [6, 6.07) is 11.5. The van der Waals surface area contributed by atoms with Gasteiger partial charge >= 0.3 is 0 Å². The number of rotatable bonds is 5. The molecular weight excluding hydrogens is 360 g/mol. The molecule has 3 aromatic heterocycles. The second-order valence-corrected chi connectivity index (χ2v) is 6.73. The van der Waals surface area contributed by atoms with Gasteiger partial charge < -0.3 is 14.2 Å². The summed E-state index contributed by atoms with van der Waals surface area (Å²) in [7, 11) is 3.22. The van der Waals surface area contributed by atoms with Gasteiger partial charge in [-0.2, -0.15) is 11.3 Å². The highest BCUT2D eigenvalue weighted by Crippen LogP contribution is 2.39. The first-order chi connectivity index (χ1) is 13.2. The van der Waals surface area contributed by atoms with Crippen molar-refractivity contribution in [2.75, 3.05) is 14.2 Å². The molecule has 1 aromatic carbocycles. The Kier molecular flexibility index (Phi) is 4.64. The third-order valence-corrected chi connectivity index (χ3v) is 4.90. The van der Waals surface area contributed by atoms with Crippen LogP contribution in [0, 0.1) is 6.92 Å². The number of pyridine rings is 2. The fourth-order valence-corrected chi connectivity index (χ4v) is 3.53. The first-order valence-corrected chi connectivity index (χ1v) is 9.32. The summed E-state index contributed by atoms with van der Waals surface area (Å²) in [5, 5.41) is 4.93. The summed E-state index contributed by atoms with van der Waals surface area (Å²) in [6.45, 7) is 1.97. The van der Waals surface area contributed by atoms with Crippen molar-refractivity contribution in [2.24, 2.45) is 0 Å². The quantitative estimate of drug-likeness (QED) is 0.460. The Hall–Kier alpha value is -3.12. The lowest BCUT2D eigenvalue weighted by molar-refractivity contribution is 0.355. The lowest BCUT2D eigenvalue weighted by atomic mass is 10.1. The summed E-state index contributed by atoms with van der Waals surface area (Å²) in [5.74, 6) is 2.64. The summed E-state index contributed by atoms with van der Waals surface area (Å²) < 4.78 is 17.1. The number of thiophene rings is 1. The summed E-state index contributed by atoms with van der Waals surface area (Å²) >= 11 is 1.63. The highest BCUT2D eigenvalue weighted by Gasteiger charge is 2.14. The van der Waals surface area contributed by atoms with Crippen LogP contribution in [0.2, 0.25) is 0 Å². The highest BCUT2D eigenvalue weighted by molar-refractivity contribution is 7.08. The van der Waals surface area contributed by atoms with Crippen molar-refractivity contribution < 1.29 is 14.2 Å². The molecule has 3 heterocycles. The molecule has 4 rings (SSSR count). The Bertz CT molecular complexity index is 1090. The van der Waals surface area contributed by atoms with Crippen LogP contribution in [0.4, 0.5) is 0 Å². The van der Waals surface area contributed by atoms with E-state index in [-0.39, 0.29) is 0 Å². The maximum absolute atomic E-state index is 6.28. The minimum Gasteiger partial charge on any atom is -0.493 e. The smallest absolute Gasteiger partial charge is 0.162 e. The lowest BCUT2D eigenvalue weighted by Gasteiger charge is -2.14. The average Bonchev–Trinajstić information content (AvgIpc) is 3.23. The van der Waals surface area contributed by atoms with Gasteiger partial charge in [-0.25, -0.2) is 4.98 Å². The monoisotopic (exact) mass is 378 g/mol. The van der Waals surface area contributed by atoms with Crippen LogP contribution in [0.5, 0.6) is 23.0 Å². The molecule has 27 heavy (non-hydrogen) atoms. The molecule has 5 nitrogen and oxygen atoms in total. The molecule has 6 heteroatoms. The van der Waals surface area contributed by atoms with Crippen molar-refractivity contribution in [2.45, 2.75) is 6.92 Å². The molecule has 0 spiro atoms. The molecule has 0 radical (unpaired) electrons. The van der Waals surface area contributed by atoms with Gasteiger partial charge in [-0.15, -0.1) is 0 Å². The predicted octanol–water partition coefficient (Wildman–Crippen LogP) is 5.48. The molecule has 0 amide bonds. The zero-order chi connectivity index (χ0) is 18.8. The molecule has 0 aliphatic heterocycles. The lowest BCUT2D eigenvalue weighted by Crippen LogP contribution is -1.95. The first kappa shape index (κ1) is 17.3. The van der Waals surface area contributed by atoms with Crippen molar-refractivity contribution in [3.8, 4) is 34.3 Å². The van der Waals surface area contributed by atoms with Gasteiger partial charge in [-0.05, 0) is 42.6 Å². The fourth-order valence-electron chi connectivity index (χ4n) is 2.89. The van der Waals surface area contributed by atoms with Gasteiger partial charge in [0.1, 0.15) is 11.4 Å². The van der Waals surface area contributed by atoms with Crippen LogP contribution in [0.25, 0.3) is 22.2 Å². The van der Waals surface area contributed by atoms with Crippen LogP contribution in [0.15, 0.2) is 53.4 Å². The maximum Gasteiger partial charge on any atom is 0.162 e. The van der Waals surface area contributed by atoms with E-state index in [0.717, 1.165) is 27.9 Å². The molecule has 0 saturated carbocycles. The van der Waals surface area contributed by atoms with Crippen LogP contribution < -0.4 is 14.2 Å². The van der Waals surface area contributed by atoms with Gasteiger partial charge in [0, 0.05) is 34.3 Å². The third kappa shape index (κ3) is 3.31. The number of ether oxygens (including phenoxy) is 3. The molecular formula is C21H18N2O3S. The van der Waals surface area contributed by atoms with Crippen molar-refractivity contribution >= 4 is 22.2 Å². The zero-order valence-electron chi connectivity index (χ0n) is 15.2. The normalized spacial score (nSPS) is 10.8. The van der Waals surface area contributed by atoms with Gasteiger partial charge in [0.25, 0.3) is 0 Å². The van der Waals surface area contributed by atoms with Crippen LogP contribution >= 0.6 is 11.3 Å². The van der Waals surface area contributed by atoms with E-state index in [1.54, 1.807) is 31.8 Å². The summed E-state index contributed by atoms with van der Waals surface area (Å²) in [4.78, 5) is 9.10. The minimum atomic E-state index is 0.628. The van der Waals surface area contributed by atoms with Crippen molar-refractivity contribution in [3.63, 3.8) is 0 Å². The van der Waals surface area contributed by atoms with Crippen molar-refractivity contribution in [3.05, 3.63) is 59.0 Å². The number of fused-ring (bicyclic) bond motifs is 1. The van der Waals surface area contributed by atoms with Crippen LogP contribution in [0.3, 0.4) is 0 Å². The fraction of sp³-hybridized carbons (Fsp3) is 0.143. The largest absolute Gasteiger partial charge is 0.493 e. The number of aryl methyl sites for hydroxylation is 1. The Morgan fingerprint density at radius 2 is 1.70 bits per heavy atom. The second kappa shape index (κ2) is 7.25. The summed E-state index contributed by atoms with van der Waals surface area (Å²) in [5.41, 5.74) is 3.56. The van der Waals surface area contributed by atoms with E-state index < -0.39 is 0 Å². The molecule has 0 aliphatic carbocycles. The Balaban J connectivity index is 1.83. The molecule has 0 N–H and O–H groups in total. The Labute approximate surface area is 161 Å². The van der Waals surface area contributed by atoms with Gasteiger partial charge in [0.15, 0.2) is 17.2 Å².